The van der Waals surface area contributed by atoms with Gasteiger partial charge in [-0.15, -0.1) is 0 Å². The molecule has 8 heteroatoms. The number of nitrogens with two attached hydrogens (primary N) is 1. The van der Waals surface area contributed by atoms with Crippen LogP contribution in [0.3, 0.4) is 0 Å². The van der Waals surface area contributed by atoms with Gasteiger partial charge in [0.25, 0.3) is 5.91 Å². The van der Waals surface area contributed by atoms with Gasteiger partial charge in [0.05, 0.1) is 11.4 Å². The molecular formula is C17H19N7O. The van der Waals surface area contributed by atoms with Crippen LogP contribution in [0.4, 0.5) is 5.82 Å². The summed E-state index contributed by atoms with van der Waals surface area (Å²) in [7, 11) is 0. The molecule has 1 saturated heterocycles. The zero-order chi connectivity index (χ0) is 17.4. The van der Waals surface area contributed by atoms with Crippen molar-refractivity contribution in [3.05, 3.63) is 24.2 Å². The van der Waals surface area contributed by atoms with Crippen LogP contribution in [0, 0.1) is 17.2 Å². The molecule has 1 unspecified atom stereocenters. The fraction of sp³-hybridized carbons (Fsp3) is 0.471. The Morgan fingerprint density at radius 1 is 1.40 bits per heavy atom. The predicted molar refractivity (Wildman–Crippen MR) is 91.0 cm³/mol. The van der Waals surface area contributed by atoms with Crippen LogP contribution in [0.15, 0.2) is 24.2 Å². The topological polar surface area (TPSA) is 114 Å². The minimum absolute atomic E-state index is 0.00623. The van der Waals surface area contributed by atoms with Gasteiger partial charge in [0.2, 0.25) is 0 Å². The molecule has 0 bridgehead atoms. The molecule has 2 aliphatic rings. The minimum Gasteiger partial charge on any atom is -0.382 e. The maximum atomic E-state index is 12.7. The summed E-state index contributed by atoms with van der Waals surface area (Å²) in [5.74, 6) is 0.606. The quantitative estimate of drug-likeness (QED) is 0.669. The first-order valence-electron chi connectivity index (χ1n) is 8.52. The van der Waals surface area contributed by atoms with Crippen molar-refractivity contribution in [2.24, 2.45) is 5.92 Å². The highest BCUT2D eigenvalue weighted by Gasteiger charge is 2.30. The van der Waals surface area contributed by atoms with Crippen molar-refractivity contribution in [3.63, 3.8) is 0 Å². The molecule has 1 aliphatic carbocycles. The highest BCUT2D eigenvalue weighted by Crippen LogP contribution is 2.32. The molecule has 2 aromatic rings. The Labute approximate surface area is 144 Å². The number of carbonyl (C=O) groups is 1. The van der Waals surface area contributed by atoms with Crippen molar-refractivity contribution in [1.82, 2.24) is 24.6 Å². The van der Waals surface area contributed by atoms with Crippen LogP contribution in [0.5, 0.6) is 0 Å². The second-order valence-corrected chi connectivity index (χ2v) is 6.67. The fourth-order valence-electron chi connectivity index (χ4n) is 3.32. The molecule has 3 heterocycles. The molecule has 1 saturated carbocycles. The van der Waals surface area contributed by atoms with Crippen molar-refractivity contribution in [3.8, 4) is 6.07 Å². The molecule has 0 radical (unpaired) electrons. The summed E-state index contributed by atoms with van der Waals surface area (Å²) in [6.07, 6.45) is 8.82. The predicted octanol–water partition coefficient (Wildman–Crippen LogP) is 1.43. The van der Waals surface area contributed by atoms with Gasteiger partial charge < -0.3 is 10.6 Å². The standard InChI is InChI=1S/C17H19N7O/c18-7-12(6-11-3-4-11)17(25)23-5-1-2-13(9-23)24-16-14(15(19)22-24)8-20-10-21-16/h6,8,10-11,13H,1-5,9H2,(H2,19,22). The number of hydrogen-bond donors (Lipinski definition) is 1. The SMILES string of the molecule is N#CC(=CC1CC1)C(=O)N1CCCC(n2nc(N)c3cncnc32)C1. The molecule has 1 atom stereocenters. The Hall–Kier alpha value is -2.95. The number of nitrogens with zero attached hydrogens (tertiary/aromatic N) is 6. The molecule has 25 heavy (non-hydrogen) atoms. The van der Waals surface area contributed by atoms with E-state index in [1.54, 1.807) is 15.8 Å². The monoisotopic (exact) mass is 337 g/mol. The maximum Gasteiger partial charge on any atom is 0.264 e. The number of nitriles is 1. The molecule has 1 aliphatic heterocycles. The summed E-state index contributed by atoms with van der Waals surface area (Å²) < 4.78 is 1.79. The maximum absolute atomic E-state index is 12.7. The first-order valence-corrected chi connectivity index (χ1v) is 8.52. The molecular weight excluding hydrogens is 318 g/mol. The number of aromatic nitrogens is 4. The van der Waals surface area contributed by atoms with E-state index in [4.69, 9.17) is 5.73 Å². The molecule has 4 rings (SSSR count). The van der Waals surface area contributed by atoms with Crippen LogP contribution in [0.2, 0.25) is 0 Å². The third kappa shape index (κ3) is 2.93. The van der Waals surface area contributed by atoms with Crippen LogP contribution in [-0.2, 0) is 4.79 Å². The van der Waals surface area contributed by atoms with E-state index in [9.17, 15) is 10.1 Å². The number of rotatable bonds is 3. The van der Waals surface area contributed by atoms with E-state index in [0.717, 1.165) is 31.1 Å². The smallest absolute Gasteiger partial charge is 0.264 e. The number of allylic oxidation sites excluding steroid dienone is 1. The van der Waals surface area contributed by atoms with E-state index >= 15 is 0 Å². The Balaban J connectivity index is 1.58. The van der Waals surface area contributed by atoms with Crippen LogP contribution in [-0.4, -0.2) is 43.6 Å². The zero-order valence-corrected chi connectivity index (χ0v) is 13.8. The Morgan fingerprint density at radius 2 is 2.24 bits per heavy atom. The fourth-order valence-corrected chi connectivity index (χ4v) is 3.32. The average molecular weight is 337 g/mol. The van der Waals surface area contributed by atoms with E-state index in [2.05, 4.69) is 21.1 Å². The lowest BCUT2D eigenvalue weighted by molar-refractivity contribution is -0.128. The minimum atomic E-state index is -0.182. The van der Waals surface area contributed by atoms with Gasteiger partial charge in [0.15, 0.2) is 11.5 Å². The van der Waals surface area contributed by atoms with Crippen molar-refractivity contribution in [2.75, 3.05) is 18.8 Å². The second-order valence-electron chi connectivity index (χ2n) is 6.67. The normalized spacial score (nSPS) is 21.3. The van der Waals surface area contributed by atoms with Gasteiger partial charge in [-0.2, -0.15) is 10.4 Å². The number of hydrogen-bond acceptors (Lipinski definition) is 6. The van der Waals surface area contributed by atoms with Gasteiger partial charge in [-0.25, -0.2) is 14.6 Å². The van der Waals surface area contributed by atoms with Crippen LogP contribution in [0.1, 0.15) is 31.7 Å². The van der Waals surface area contributed by atoms with Crippen LogP contribution in [0.25, 0.3) is 11.0 Å². The summed E-state index contributed by atoms with van der Waals surface area (Å²) >= 11 is 0. The van der Waals surface area contributed by atoms with Gasteiger partial charge in [-0.05, 0) is 31.6 Å². The average Bonchev–Trinajstić information content (AvgIpc) is 3.41. The molecule has 1 amide bonds. The molecule has 0 aromatic carbocycles. The summed E-state index contributed by atoms with van der Waals surface area (Å²) in [5.41, 5.74) is 6.91. The third-order valence-electron chi connectivity index (χ3n) is 4.80. The molecule has 2 aromatic heterocycles. The first kappa shape index (κ1) is 15.6. The van der Waals surface area contributed by atoms with Gasteiger partial charge in [-0.3, -0.25) is 4.79 Å². The third-order valence-corrected chi connectivity index (χ3v) is 4.80. The zero-order valence-electron chi connectivity index (χ0n) is 13.8. The molecule has 2 fully saturated rings. The van der Waals surface area contributed by atoms with E-state index in [1.807, 2.05) is 6.08 Å². The number of piperidine rings is 1. The molecule has 128 valence electrons. The second kappa shape index (κ2) is 6.16. The van der Waals surface area contributed by atoms with Crippen molar-refractivity contribution in [2.45, 2.75) is 31.7 Å². The highest BCUT2D eigenvalue weighted by molar-refractivity contribution is 5.97. The first-order chi connectivity index (χ1) is 12.2. The summed E-state index contributed by atoms with van der Waals surface area (Å²) in [6.45, 7) is 1.16. The van der Waals surface area contributed by atoms with E-state index < -0.39 is 0 Å². The van der Waals surface area contributed by atoms with Crippen molar-refractivity contribution >= 4 is 22.8 Å². The number of anilines is 1. The number of fused-ring (bicyclic) bond motifs is 1. The van der Waals surface area contributed by atoms with Crippen LogP contribution < -0.4 is 5.73 Å². The summed E-state index contributed by atoms with van der Waals surface area (Å²) in [6, 6.07) is 2.06. The lowest BCUT2D eigenvalue weighted by Gasteiger charge is -2.32. The van der Waals surface area contributed by atoms with E-state index in [0.29, 0.717) is 30.5 Å². The highest BCUT2D eigenvalue weighted by atomic mass is 16.2. The van der Waals surface area contributed by atoms with Crippen molar-refractivity contribution in [1.29, 1.82) is 5.26 Å². The van der Waals surface area contributed by atoms with Gasteiger partial charge in [0, 0.05) is 19.3 Å². The number of carbonyl (C=O) groups excluding carboxylic acids is 1. The van der Waals surface area contributed by atoms with E-state index in [1.165, 1.54) is 6.33 Å². The number of likely N-dealkylation sites (tertiary alicyclic amines) is 1. The van der Waals surface area contributed by atoms with Gasteiger partial charge in [-0.1, -0.05) is 6.08 Å². The lowest BCUT2D eigenvalue weighted by atomic mass is 10.0. The lowest BCUT2D eigenvalue weighted by Crippen LogP contribution is -2.41. The molecule has 0 spiro atoms. The van der Waals surface area contributed by atoms with Gasteiger partial charge >= 0.3 is 0 Å². The largest absolute Gasteiger partial charge is 0.382 e. The van der Waals surface area contributed by atoms with Crippen LogP contribution >= 0.6 is 0 Å². The number of amides is 1. The Kier molecular flexibility index (Phi) is 3.84. The Morgan fingerprint density at radius 3 is 3.00 bits per heavy atom. The Bertz CT molecular complexity index is 890. The van der Waals surface area contributed by atoms with Gasteiger partial charge in [0.1, 0.15) is 18.0 Å². The summed E-state index contributed by atoms with van der Waals surface area (Å²) in [5, 5.41) is 14.4. The molecule has 2 N–H and O–H groups in total. The van der Waals surface area contributed by atoms with E-state index in [-0.39, 0.29) is 17.5 Å². The van der Waals surface area contributed by atoms with Crippen molar-refractivity contribution < 1.29 is 4.79 Å². The summed E-state index contributed by atoms with van der Waals surface area (Å²) in [4.78, 5) is 22.7. The molecule has 8 nitrogen and oxygen atoms in total. The number of nitrogen functional groups attached to an aromatic ring is 1.